The molecule has 3 aromatic rings. The van der Waals surface area contributed by atoms with Crippen LogP contribution in [-0.2, 0) is 16.7 Å². The Kier molecular flexibility index (Phi) is 7.77. The van der Waals surface area contributed by atoms with Crippen molar-refractivity contribution in [2.24, 2.45) is 0 Å². The van der Waals surface area contributed by atoms with E-state index in [0.717, 1.165) is 18.4 Å². The van der Waals surface area contributed by atoms with Crippen LogP contribution in [0.4, 0.5) is 13.2 Å². The van der Waals surface area contributed by atoms with Gasteiger partial charge in [0.25, 0.3) is 11.5 Å². The Morgan fingerprint density at radius 1 is 1.14 bits per heavy atom. The van der Waals surface area contributed by atoms with Crippen molar-refractivity contribution < 1.29 is 22.7 Å². The first kappa shape index (κ1) is 26.9. The molecule has 1 aliphatic rings. The Hall–Kier alpha value is -3.15. The van der Waals surface area contributed by atoms with Crippen LogP contribution < -0.4 is 16.6 Å². The summed E-state index contributed by atoms with van der Waals surface area (Å²) in [6, 6.07) is 11.1. The van der Waals surface area contributed by atoms with Gasteiger partial charge in [0.1, 0.15) is 12.7 Å². The summed E-state index contributed by atoms with van der Waals surface area (Å²) in [4.78, 5) is 37.6. The number of carbonyl (C=O) groups excluding carboxylic acids is 1. The van der Waals surface area contributed by atoms with E-state index in [1.807, 2.05) is 12.1 Å². The summed E-state index contributed by atoms with van der Waals surface area (Å²) in [5.41, 5.74) is -2.13. The molecule has 2 heterocycles. The fourth-order valence-electron chi connectivity index (χ4n) is 4.23. The Labute approximate surface area is 218 Å². The number of ether oxygens (including phenoxy) is 1. The van der Waals surface area contributed by atoms with E-state index in [1.165, 1.54) is 18.2 Å². The van der Waals surface area contributed by atoms with Crippen molar-refractivity contribution in [2.75, 3.05) is 19.8 Å². The summed E-state index contributed by atoms with van der Waals surface area (Å²) >= 11 is 12.3. The lowest BCUT2D eigenvalue weighted by Crippen LogP contribution is -2.46. The molecule has 1 N–H and O–H groups in total. The van der Waals surface area contributed by atoms with E-state index in [2.05, 4.69) is 10.4 Å². The number of hydrogen-bond acceptors (Lipinski definition) is 5. The van der Waals surface area contributed by atoms with Gasteiger partial charge in [-0.2, -0.15) is 23.0 Å². The minimum atomic E-state index is -4.80. The van der Waals surface area contributed by atoms with Crippen LogP contribution in [-0.4, -0.2) is 46.2 Å². The third kappa shape index (κ3) is 6.06. The van der Waals surface area contributed by atoms with Gasteiger partial charge in [0.05, 0.1) is 22.9 Å². The Balaban J connectivity index is 1.62. The first-order chi connectivity index (χ1) is 17.5. The van der Waals surface area contributed by atoms with Gasteiger partial charge in [0.15, 0.2) is 0 Å². The van der Waals surface area contributed by atoms with E-state index >= 15 is 0 Å². The summed E-state index contributed by atoms with van der Waals surface area (Å²) in [5.74, 6) is -0.567. The van der Waals surface area contributed by atoms with E-state index < -0.39 is 35.3 Å². The monoisotopic (exact) mass is 556 g/mol. The molecule has 196 valence electrons. The van der Waals surface area contributed by atoms with E-state index in [4.69, 9.17) is 27.9 Å². The van der Waals surface area contributed by atoms with Crippen LogP contribution in [0.2, 0.25) is 10.0 Å². The maximum Gasteiger partial charge on any atom is 0.406 e. The zero-order valence-electron chi connectivity index (χ0n) is 19.2. The molecule has 1 atom stereocenters. The number of hydrogen-bond donors (Lipinski definition) is 1. The number of nitrogens with zero attached hydrogens (tertiary/aromatic N) is 3. The molecule has 1 fully saturated rings. The maximum atomic E-state index is 13.1. The highest BCUT2D eigenvalue weighted by Gasteiger charge is 2.35. The van der Waals surface area contributed by atoms with Crippen molar-refractivity contribution in [3.05, 3.63) is 90.7 Å². The van der Waals surface area contributed by atoms with Gasteiger partial charge >= 0.3 is 11.9 Å². The highest BCUT2D eigenvalue weighted by atomic mass is 35.5. The molecule has 0 saturated carbocycles. The lowest BCUT2D eigenvalue weighted by atomic mass is 9.76. The van der Waals surface area contributed by atoms with E-state index in [0.29, 0.717) is 29.1 Å². The van der Waals surface area contributed by atoms with Crippen LogP contribution in [0.1, 0.15) is 28.8 Å². The Morgan fingerprint density at radius 3 is 2.51 bits per heavy atom. The summed E-state index contributed by atoms with van der Waals surface area (Å²) in [6.45, 7) is -0.580. The molecule has 1 aliphatic heterocycles. The second-order valence-electron chi connectivity index (χ2n) is 8.67. The third-order valence-corrected chi connectivity index (χ3v) is 6.69. The number of benzene rings is 2. The van der Waals surface area contributed by atoms with Crippen molar-refractivity contribution in [1.82, 2.24) is 19.7 Å². The van der Waals surface area contributed by atoms with E-state index in [9.17, 15) is 27.6 Å². The molecule has 2 aromatic carbocycles. The number of nitrogens with one attached hydrogen (secondary N) is 1. The van der Waals surface area contributed by atoms with Gasteiger partial charge < -0.3 is 10.1 Å². The number of carbonyl (C=O) groups is 1. The summed E-state index contributed by atoms with van der Waals surface area (Å²) in [5, 5.41) is 7.14. The van der Waals surface area contributed by atoms with Crippen LogP contribution in [0, 0.1) is 0 Å². The van der Waals surface area contributed by atoms with Crippen LogP contribution in [0.25, 0.3) is 5.69 Å². The lowest BCUT2D eigenvalue weighted by Gasteiger charge is -2.37. The highest BCUT2D eigenvalue weighted by molar-refractivity contribution is 6.34. The molecule has 4 rings (SSSR count). The van der Waals surface area contributed by atoms with Gasteiger partial charge in [-0.3, -0.25) is 9.59 Å². The second kappa shape index (κ2) is 10.7. The Morgan fingerprint density at radius 2 is 1.86 bits per heavy atom. The number of aromatic nitrogens is 3. The van der Waals surface area contributed by atoms with Crippen molar-refractivity contribution in [3.8, 4) is 5.69 Å². The first-order valence-electron chi connectivity index (χ1n) is 11.2. The molecule has 1 amide bonds. The second-order valence-corrected chi connectivity index (χ2v) is 9.51. The van der Waals surface area contributed by atoms with Gasteiger partial charge in [0, 0.05) is 23.6 Å². The minimum Gasteiger partial charge on any atom is -0.380 e. The first-order valence-corrected chi connectivity index (χ1v) is 11.9. The maximum absolute atomic E-state index is 13.1. The number of amides is 1. The molecule has 0 bridgehead atoms. The predicted octanol–water partition coefficient (Wildman–Crippen LogP) is 3.74. The molecular weight excluding hydrogens is 536 g/mol. The number of halogens is 5. The van der Waals surface area contributed by atoms with Gasteiger partial charge in [-0.05, 0) is 48.7 Å². The molecular formula is C24H21Cl2F3N4O4. The molecule has 1 unspecified atom stereocenters. The van der Waals surface area contributed by atoms with Gasteiger partial charge in [-0.15, -0.1) is 0 Å². The van der Waals surface area contributed by atoms with Crippen LogP contribution >= 0.6 is 23.2 Å². The summed E-state index contributed by atoms with van der Waals surface area (Å²) in [7, 11) is 0. The molecule has 0 radical (unpaired) electrons. The molecule has 1 aromatic heterocycles. The normalized spacial score (nSPS) is 18.0. The van der Waals surface area contributed by atoms with Gasteiger partial charge in [-0.1, -0.05) is 35.3 Å². The van der Waals surface area contributed by atoms with Crippen LogP contribution in [0.15, 0.2) is 58.3 Å². The van der Waals surface area contributed by atoms with Crippen molar-refractivity contribution >= 4 is 29.1 Å². The Bertz CT molecular complexity index is 1420. The molecule has 37 heavy (non-hydrogen) atoms. The fourth-order valence-corrected chi connectivity index (χ4v) is 4.55. The number of alkyl halides is 3. The summed E-state index contributed by atoms with van der Waals surface area (Å²) in [6.07, 6.45) is -2.66. The van der Waals surface area contributed by atoms with Crippen molar-refractivity contribution in [1.29, 1.82) is 0 Å². The SMILES string of the molecule is O=C(NCC1(c2ccc(Cl)cc2)CCCOC1)c1cc(-n2ncc(=O)n(CC(F)(F)F)c2=O)ccc1Cl. The molecule has 0 aliphatic carbocycles. The van der Waals surface area contributed by atoms with Crippen LogP contribution in [0.5, 0.6) is 0 Å². The molecule has 8 nitrogen and oxygen atoms in total. The average molecular weight is 557 g/mol. The lowest BCUT2D eigenvalue weighted by molar-refractivity contribution is -0.142. The zero-order valence-corrected chi connectivity index (χ0v) is 20.7. The van der Waals surface area contributed by atoms with Crippen molar-refractivity contribution in [2.45, 2.75) is 31.0 Å². The standard InChI is InChI=1S/C24H21Cl2F3N4O4/c25-16-4-2-15(3-5-16)23(8-1-9-37-14-23)12-30-21(35)18-10-17(6-7-19(18)26)33-22(36)32(13-24(27,28)29)20(34)11-31-33/h2-7,10-11H,1,8-9,12-14H2,(H,30,35). The minimum absolute atomic E-state index is 0.0142. The topological polar surface area (TPSA) is 95.2 Å². The molecule has 1 saturated heterocycles. The summed E-state index contributed by atoms with van der Waals surface area (Å²) < 4.78 is 44.9. The van der Waals surface area contributed by atoms with Gasteiger partial charge in [0.2, 0.25) is 0 Å². The highest BCUT2D eigenvalue weighted by Crippen LogP contribution is 2.33. The molecule has 13 heteroatoms. The predicted molar refractivity (Wildman–Crippen MR) is 131 cm³/mol. The van der Waals surface area contributed by atoms with Crippen LogP contribution in [0.3, 0.4) is 0 Å². The van der Waals surface area contributed by atoms with E-state index in [1.54, 1.807) is 12.1 Å². The average Bonchev–Trinajstić information content (AvgIpc) is 2.86. The molecule has 0 spiro atoms. The smallest absolute Gasteiger partial charge is 0.380 e. The largest absolute Gasteiger partial charge is 0.406 e. The zero-order chi connectivity index (χ0) is 26.8. The quantitative estimate of drug-likeness (QED) is 0.499. The number of rotatable bonds is 6. The fraction of sp³-hybridized carbons (Fsp3) is 0.333. The third-order valence-electron chi connectivity index (χ3n) is 6.10. The van der Waals surface area contributed by atoms with Gasteiger partial charge in [-0.25, -0.2) is 9.36 Å². The van der Waals surface area contributed by atoms with E-state index in [-0.39, 0.29) is 27.4 Å². The van der Waals surface area contributed by atoms with Crippen molar-refractivity contribution in [3.63, 3.8) is 0 Å².